The molecule has 0 amide bonds. The number of ether oxygens (including phenoxy) is 1. The standard InChI is InChI=1S/C25H36O4/c26-20-12-7-5-3-1-2-4-6-8-13-21-29-25(24(27)28)18-16-23(17-19-25)22-14-10-9-11-15-22/h9-11,14-19,23,26H,1-8,12-13,20-21H2,(H,27,28). The summed E-state index contributed by atoms with van der Waals surface area (Å²) in [7, 11) is 0. The first-order valence-corrected chi connectivity index (χ1v) is 11.1. The van der Waals surface area contributed by atoms with E-state index in [2.05, 4.69) is 0 Å². The Hall–Kier alpha value is -1.91. The minimum Gasteiger partial charge on any atom is -0.479 e. The first kappa shape index (κ1) is 23.4. The zero-order chi connectivity index (χ0) is 20.8. The van der Waals surface area contributed by atoms with Gasteiger partial charge in [-0.15, -0.1) is 0 Å². The summed E-state index contributed by atoms with van der Waals surface area (Å²) >= 11 is 0. The molecule has 2 N–H and O–H groups in total. The number of rotatable bonds is 15. The highest BCUT2D eigenvalue weighted by molar-refractivity contribution is 5.83. The smallest absolute Gasteiger partial charge is 0.344 e. The minimum absolute atomic E-state index is 0.0934. The van der Waals surface area contributed by atoms with Crippen molar-refractivity contribution in [3.05, 3.63) is 60.2 Å². The lowest BCUT2D eigenvalue weighted by Gasteiger charge is -2.27. The SMILES string of the molecule is O=C(O)C1(OCCCCCCCCCCCCO)C=CC(c2ccccc2)C=C1. The Balaban J connectivity index is 1.62. The summed E-state index contributed by atoms with van der Waals surface area (Å²) in [6.07, 6.45) is 18.6. The Kier molecular flexibility index (Phi) is 10.7. The maximum Gasteiger partial charge on any atom is 0.344 e. The molecule has 29 heavy (non-hydrogen) atoms. The molecule has 4 heteroatoms. The van der Waals surface area contributed by atoms with E-state index in [9.17, 15) is 9.90 Å². The van der Waals surface area contributed by atoms with Crippen LogP contribution in [0, 0.1) is 0 Å². The summed E-state index contributed by atoms with van der Waals surface area (Å²) < 4.78 is 5.81. The zero-order valence-electron chi connectivity index (χ0n) is 17.5. The monoisotopic (exact) mass is 400 g/mol. The van der Waals surface area contributed by atoms with Gasteiger partial charge < -0.3 is 14.9 Å². The van der Waals surface area contributed by atoms with Crippen LogP contribution in [-0.2, 0) is 9.53 Å². The van der Waals surface area contributed by atoms with Crippen molar-refractivity contribution in [1.29, 1.82) is 0 Å². The summed E-state index contributed by atoms with van der Waals surface area (Å²) in [6, 6.07) is 10.0. The Morgan fingerprint density at radius 2 is 1.34 bits per heavy atom. The topological polar surface area (TPSA) is 66.8 Å². The van der Waals surface area contributed by atoms with Crippen molar-refractivity contribution in [2.75, 3.05) is 13.2 Å². The highest BCUT2D eigenvalue weighted by Gasteiger charge is 2.36. The van der Waals surface area contributed by atoms with Gasteiger partial charge in [0, 0.05) is 19.1 Å². The average molecular weight is 401 g/mol. The van der Waals surface area contributed by atoms with Gasteiger partial charge >= 0.3 is 5.97 Å². The molecule has 160 valence electrons. The fourth-order valence-electron chi connectivity index (χ4n) is 3.68. The summed E-state index contributed by atoms with van der Waals surface area (Å²) in [5.41, 5.74) is -0.188. The van der Waals surface area contributed by atoms with Crippen LogP contribution in [0.15, 0.2) is 54.6 Å². The van der Waals surface area contributed by atoms with E-state index in [0.717, 1.165) is 31.2 Å². The highest BCUT2D eigenvalue weighted by atomic mass is 16.5. The van der Waals surface area contributed by atoms with Gasteiger partial charge in [0.15, 0.2) is 0 Å². The van der Waals surface area contributed by atoms with Crippen LogP contribution >= 0.6 is 0 Å². The van der Waals surface area contributed by atoms with E-state index in [0.29, 0.717) is 13.2 Å². The van der Waals surface area contributed by atoms with Crippen LogP contribution in [0.5, 0.6) is 0 Å². The summed E-state index contributed by atoms with van der Waals surface area (Å²) in [4.78, 5) is 11.8. The summed E-state index contributed by atoms with van der Waals surface area (Å²) in [5.74, 6) is -0.867. The number of carboxylic acid groups (broad SMARTS) is 1. The van der Waals surface area contributed by atoms with Crippen molar-refractivity contribution in [3.63, 3.8) is 0 Å². The van der Waals surface area contributed by atoms with Gasteiger partial charge in [0.05, 0.1) is 0 Å². The van der Waals surface area contributed by atoms with Gasteiger partial charge in [-0.2, -0.15) is 0 Å². The highest BCUT2D eigenvalue weighted by Crippen LogP contribution is 2.29. The predicted molar refractivity (Wildman–Crippen MR) is 117 cm³/mol. The third kappa shape index (κ3) is 8.15. The Labute approximate surface area is 175 Å². The molecular weight excluding hydrogens is 364 g/mol. The second-order valence-corrected chi connectivity index (χ2v) is 7.86. The molecule has 0 heterocycles. The lowest BCUT2D eigenvalue weighted by molar-refractivity contribution is -0.154. The molecule has 0 bridgehead atoms. The van der Waals surface area contributed by atoms with E-state index in [-0.39, 0.29) is 5.92 Å². The molecule has 0 atom stereocenters. The molecule has 2 rings (SSSR count). The average Bonchev–Trinajstić information content (AvgIpc) is 2.75. The second kappa shape index (κ2) is 13.3. The first-order valence-electron chi connectivity index (χ1n) is 11.1. The number of hydrogen-bond acceptors (Lipinski definition) is 3. The Morgan fingerprint density at radius 1 is 0.828 bits per heavy atom. The van der Waals surface area contributed by atoms with Crippen LogP contribution in [0.3, 0.4) is 0 Å². The lowest BCUT2D eigenvalue weighted by Crippen LogP contribution is -2.39. The number of aliphatic hydroxyl groups excluding tert-OH is 1. The lowest BCUT2D eigenvalue weighted by atomic mass is 9.88. The molecule has 0 spiro atoms. The van der Waals surface area contributed by atoms with Gasteiger partial charge in [-0.1, -0.05) is 93.9 Å². The van der Waals surface area contributed by atoms with E-state index in [1.807, 2.05) is 42.5 Å². The largest absolute Gasteiger partial charge is 0.479 e. The summed E-state index contributed by atoms with van der Waals surface area (Å²) in [6.45, 7) is 0.766. The number of aliphatic carboxylic acids is 1. The van der Waals surface area contributed by atoms with Crippen LogP contribution in [0.25, 0.3) is 0 Å². The normalized spacial score (nSPS) is 20.8. The quantitative estimate of drug-likeness (QED) is 0.296. The van der Waals surface area contributed by atoms with E-state index >= 15 is 0 Å². The van der Waals surface area contributed by atoms with Crippen molar-refractivity contribution in [2.45, 2.75) is 75.7 Å². The number of carbonyl (C=O) groups is 1. The molecule has 0 fully saturated rings. The van der Waals surface area contributed by atoms with Gasteiger partial charge in [0.2, 0.25) is 5.60 Å². The van der Waals surface area contributed by atoms with Crippen molar-refractivity contribution >= 4 is 5.97 Å². The van der Waals surface area contributed by atoms with Gasteiger partial charge in [0.25, 0.3) is 0 Å². The molecule has 1 aromatic rings. The van der Waals surface area contributed by atoms with Crippen molar-refractivity contribution in [2.24, 2.45) is 0 Å². The molecule has 0 unspecified atom stereocenters. The fourth-order valence-corrected chi connectivity index (χ4v) is 3.68. The molecule has 4 nitrogen and oxygen atoms in total. The summed E-state index contributed by atoms with van der Waals surface area (Å²) in [5, 5.41) is 18.4. The van der Waals surface area contributed by atoms with Crippen molar-refractivity contribution in [3.8, 4) is 0 Å². The molecule has 0 aromatic heterocycles. The number of aliphatic hydroxyl groups is 1. The molecular formula is C25H36O4. The van der Waals surface area contributed by atoms with E-state index in [1.165, 1.54) is 38.5 Å². The van der Waals surface area contributed by atoms with Crippen molar-refractivity contribution < 1.29 is 19.7 Å². The molecule has 1 aliphatic carbocycles. The molecule has 0 radical (unpaired) electrons. The Morgan fingerprint density at radius 3 is 1.86 bits per heavy atom. The van der Waals surface area contributed by atoms with E-state index in [1.54, 1.807) is 12.2 Å². The maximum atomic E-state index is 11.8. The van der Waals surface area contributed by atoms with Gasteiger partial charge in [-0.05, 0) is 30.6 Å². The zero-order valence-corrected chi connectivity index (χ0v) is 17.5. The third-order valence-electron chi connectivity index (χ3n) is 5.51. The van der Waals surface area contributed by atoms with Gasteiger partial charge in [-0.25, -0.2) is 4.79 Å². The number of hydrogen-bond donors (Lipinski definition) is 2. The predicted octanol–water partition coefficient (Wildman–Crippen LogP) is 5.63. The number of benzene rings is 1. The van der Waals surface area contributed by atoms with Crippen LogP contribution in [0.2, 0.25) is 0 Å². The molecule has 1 aromatic carbocycles. The van der Waals surface area contributed by atoms with Crippen LogP contribution in [-0.4, -0.2) is 35.0 Å². The number of carboxylic acids is 1. The van der Waals surface area contributed by atoms with Gasteiger partial charge in [-0.3, -0.25) is 0 Å². The van der Waals surface area contributed by atoms with Crippen LogP contribution < -0.4 is 0 Å². The molecule has 0 saturated carbocycles. The van der Waals surface area contributed by atoms with E-state index in [4.69, 9.17) is 9.84 Å². The maximum absolute atomic E-state index is 11.8. The van der Waals surface area contributed by atoms with Crippen LogP contribution in [0.4, 0.5) is 0 Å². The Bertz CT molecular complexity index is 621. The fraction of sp³-hybridized carbons (Fsp3) is 0.560. The van der Waals surface area contributed by atoms with Crippen molar-refractivity contribution in [1.82, 2.24) is 0 Å². The molecule has 0 saturated heterocycles. The molecule has 1 aliphatic rings. The number of unbranched alkanes of at least 4 members (excludes halogenated alkanes) is 9. The second-order valence-electron chi connectivity index (χ2n) is 7.86. The first-order chi connectivity index (χ1) is 14.2. The molecule has 0 aliphatic heterocycles. The number of allylic oxidation sites excluding steroid dienone is 2. The van der Waals surface area contributed by atoms with Crippen LogP contribution in [0.1, 0.15) is 75.7 Å². The minimum atomic E-state index is -1.33. The third-order valence-corrected chi connectivity index (χ3v) is 5.51. The van der Waals surface area contributed by atoms with E-state index < -0.39 is 11.6 Å². The van der Waals surface area contributed by atoms with Gasteiger partial charge in [0.1, 0.15) is 0 Å².